The van der Waals surface area contributed by atoms with Crippen LogP contribution in [0.15, 0.2) is 47.2 Å². The van der Waals surface area contributed by atoms with Crippen molar-refractivity contribution in [3.05, 3.63) is 58.3 Å². The lowest BCUT2D eigenvalue weighted by atomic mass is 10.1. The van der Waals surface area contributed by atoms with E-state index in [0.717, 1.165) is 5.56 Å². The number of carboxylic acids is 1. The number of rotatable bonds is 5. The van der Waals surface area contributed by atoms with Crippen LogP contribution in [0.25, 0.3) is 0 Å². The summed E-state index contributed by atoms with van der Waals surface area (Å²) < 4.78 is 5.00. The van der Waals surface area contributed by atoms with Crippen LogP contribution in [0.5, 0.6) is 0 Å². The topological polar surface area (TPSA) is 75.6 Å². The predicted octanol–water partition coefficient (Wildman–Crippen LogP) is 2.80. The van der Waals surface area contributed by atoms with Crippen molar-refractivity contribution < 1.29 is 19.4 Å². The molecule has 1 atom stereocenters. The summed E-state index contributed by atoms with van der Waals surface area (Å²) in [5.41, 5.74) is 1.37. The smallest absolute Gasteiger partial charge is 0.408 e. The second-order valence-corrected chi connectivity index (χ2v) is 4.81. The maximum atomic E-state index is 11.6. The van der Waals surface area contributed by atoms with E-state index in [4.69, 9.17) is 9.84 Å². The van der Waals surface area contributed by atoms with Gasteiger partial charge in [-0.1, -0.05) is 30.3 Å². The lowest BCUT2D eigenvalue weighted by Gasteiger charge is -2.13. The third-order valence-electron chi connectivity index (χ3n) is 2.60. The van der Waals surface area contributed by atoms with Gasteiger partial charge in [0.2, 0.25) is 0 Å². The van der Waals surface area contributed by atoms with E-state index in [1.165, 1.54) is 11.3 Å². The number of nitrogens with one attached hydrogen (secondary N) is 1. The quantitative estimate of drug-likeness (QED) is 0.888. The van der Waals surface area contributed by atoms with Crippen LogP contribution in [0.4, 0.5) is 4.79 Å². The molecule has 0 aliphatic heterocycles. The van der Waals surface area contributed by atoms with Crippen molar-refractivity contribution >= 4 is 23.4 Å². The molecule has 1 aromatic heterocycles. The van der Waals surface area contributed by atoms with Gasteiger partial charge < -0.3 is 15.2 Å². The number of ether oxygens (including phenoxy) is 1. The van der Waals surface area contributed by atoms with Crippen molar-refractivity contribution in [1.82, 2.24) is 5.32 Å². The van der Waals surface area contributed by atoms with Gasteiger partial charge in [0.25, 0.3) is 0 Å². The van der Waals surface area contributed by atoms with Crippen LogP contribution in [0.2, 0.25) is 0 Å². The maximum Gasteiger partial charge on any atom is 0.408 e. The molecule has 1 amide bonds. The number of thiophene rings is 1. The van der Waals surface area contributed by atoms with Gasteiger partial charge in [-0.05, 0) is 28.0 Å². The zero-order chi connectivity index (χ0) is 14.4. The van der Waals surface area contributed by atoms with Gasteiger partial charge in [0.05, 0.1) is 0 Å². The molecule has 5 nitrogen and oxygen atoms in total. The Morgan fingerprint density at radius 3 is 2.60 bits per heavy atom. The Morgan fingerprint density at radius 1 is 1.25 bits per heavy atom. The van der Waals surface area contributed by atoms with E-state index in [2.05, 4.69) is 5.32 Å². The minimum atomic E-state index is -1.12. The highest BCUT2D eigenvalue weighted by Gasteiger charge is 2.22. The van der Waals surface area contributed by atoms with Gasteiger partial charge in [0.1, 0.15) is 6.61 Å². The average Bonchev–Trinajstić information content (AvgIpc) is 2.97. The van der Waals surface area contributed by atoms with Gasteiger partial charge in [0.15, 0.2) is 6.04 Å². The van der Waals surface area contributed by atoms with Crippen molar-refractivity contribution in [1.29, 1.82) is 0 Å². The van der Waals surface area contributed by atoms with Crippen LogP contribution >= 0.6 is 11.3 Å². The van der Waals surface area contributed by atoms with Crippen LogP contribution in [0.1, 0.15) is 17.2 Å². The third-order valence-corrected chi connectivity index (χ3v) is 3.30. The summed E-state index contributed by atoms with van der Waals surface area (Å²) in [6, 6.07) is 9.73. The molecule has 2 rings (SSSR count). The highest BCUT2D eigenvalue weighted by Crippen LogP contribution is 2.16. The molecule has 1 heterocycles. The second-order valence-electron chi connectivity index (χ2n) is 4.03. The molecule has 2 aromatic rings. The molecule has 0 bridgehead atoms. The summed E-state index contributed by atoms with van der Waals surface area (Å²) in [5, 5.41) is 14.9. The fraction of sp³-hybridized carbons (Fsp3) is 0.143. The number of hydrogen-bond acceptors (Lipinski definition) is 4. The van der Waals surface area contributed by atoms with Crippen molar-refractivity contribution in [2.75, 3.05) is 0 Å². The largest absolute Gasteiger partial charge is 0.479 e. The van der Waals surface area contributed by atoms with E-state index in [1.54, 1.807) is 16.8 Å². The molecule has 0 radical (unpaired) electrons. The Labute approximate surface area is 119 Å². The van der Waals surface area contributed by atoms with E-state index in [0.29, 0.717) is 5.56 Å². The van der Waals surface area contributed by atoms with Crippen molar-refractivity contribution in [2.45, 2.75) is 12.6 Å². The summed E-state index contributed by atoms with van der Waals surface area (Å²) >= 11 is 1.37. The Kier molecular flexibility index (Phi) is 4.73. The number of carboxylic acid groups (broad SMARTS) is 1. The molecule has 1 unspecified atom stereocenters. The summed E-state index contributed by atoms with van der Waals surface area (Å²) in [6.07, 6.45) is -0.757. The first-order valence-corrected chi connectivity index (χ1v) is 6.83. The number of hydrogen-bond donors (Lipinski definition) is 2. The highest BCUT2D eigenvalue weighted by molar-refractivity contribution is 7.08. The summed E-state index contributed by atoms with van der Waals surface area (Å²) in [7, 11) is 0. The molecule has 20 heavy (non-hydrogen) atoms. The summed E-state index contributed by atoms with van der Waals surface area (Å²) in [4.78, 5) is 22.8. The first-order chi connectivity index (χ1) is 9.66. The molecular weight excluding hydrogens is 278 g/mol. The van der Waals surface area contributed by atoms with E-state index >= 15 is 0 Å². The molecule has 0 saturated carbocycles. The minimum absolute atomic E-state index is 0.0999. The van der Waals surface area contributed by atoms with E-state index in [9.17, 15) is 9.59 Å². The Morgan fingerprint density at radius 2 is 2.00 bits per heavy atom. The van der Waals surface area contributed by atoms with Gasteiger partial charge in [-0.25, -0.2) is 9.59 Å². The maximum absolute atomic E-state index is 11.6. The molecule has 0 aliphatic rings. The molecule has 6 heteroatoms. The number of amides is 1. The Hall–Kier alpha value is -2.34. The zero-order valence-corrected chi connectivity index (χ0v) is 11.3. The van der Waals surface area contributed by atoms with Crippen LogP contribution in [-0.4, -0.2) is 17.2 Å². The van der Waals surface area contributed by atoms with Crippen molar-refractivity contribution in [3.8, 4) is 0 Å². The van der Waals surface area contributed by atoms with Gasteiger partial charge in [-0.3, -0.25) is 0 Å². The van der Waals surface area contributed by atoms with E-state index in [1.807, 2.05) is 30.3 Å². The molecule has 2 N–H and O–H groups in total. The van der Waals surface area contributed by atoms with Gasteiger partial charge in [-0.15, -0.1) is 0 Å². The van der Waals surface area contributed by atoms with E-state index < -0.39 is 18.1 Å². The van der Waals surface area contributed by atoms with E-state index in [-0.39, 0.29) is 6.61 Å². The number of benzene rings is 1. The van der Waals surface area contributed by atoms with Crippen LogP contribution in [-0.2, 0) is 16.1 Å². The SMILES string of the molecule is O=C(NC(C(=O)O)c1ccsc1)OCc1ccccc1. The fourth-order valence-electron chi connectivity index (χ4n) is 1.61. The standard InChI is InChI=1S/C14H13NO4S/c16-13(17)12(11-6-7-20-9-11)15-14(18)19-8-10-4-2-1-3-5-10/h1-7,9,12H,8H2,(H,15,18)(H,16,17). The molecule has 0 fully saturated rings. The Balaban J connectivity index is 1.91. The van der Waals surface area contributed by atoms with Crippen LogP contribution in [0.3, 0.4) is 0 Å². The van der Waals surface area contributed by atoms with Gasteiger partial charge in [0, 0.05) is 0 Å². The molecule has 1 aromatic carbocycles. The molecule has 0 spiro atoms. The lowest BCUT2D eigenvalue weighted by Crippen LogP contribution is -2.33. The van der Waals surface area contributed by atoms with Gasteiger partial charge in [-0.2, -0.15) is 11.3 Å². The van der Waals surface area contributed by atoms with Crippen LogP contribution in [0, 0.1) is 0 Å². The molecular formula is C14H13NO4S. The first-order valence-electron chi connectivity index (χ1n) is 5.89. The normalized spacial score (nSPS) is 11.6. The minimum Gasteiger partial charge on any atom is -0.479 e. The van der Waals surface area contributed by atoms with Crippen LogP contribution < -0.4 is 5.32 Å². The predicted molar refractivity (Wildman–Crippen MR) is 74.5 cm³/mol. The first kappa shape index (κ1) is 14.1. The second kappa shape index (κ2) is 6.72. The molecule has 0 saturated heterocycles. The highest BCUT2D eigenvalue weighted by atomic mass is 32.1. The molecule has 104 valence electrons. The number of alkyl carbamates (subject to hydrolysis) is 1. The monoisotopic (exact) mass is 291 g/mol. The number of carbonyl (C=O) groups excluding carboxylic acids is 1. The lowest BCUT2D eigenvalue weighted by molar-refractivity contribution is -0.139. The third kappa shape index (κ3) is 3.83. The van der Waals surface area contributed by atoms with Crippen molar-refractivity contribution in [2.24, 2.45) is 0 Å². The Bertz CT molecular complexity index is 568. The van der Waals surface area contributed by atoms with Crippen molar-refractivity contribution in [3.63, 3.8) is 0 Å². The summed E-state index contributed by atoms with van der Waals surface area (Å²) in [6.45, 7) is 0.0999. The number of carbonyl (C=O) groups is 2. The summed E-state index contributed by atoms with van der Waals surface area (Å²) in [5.74, 6) is -1.12. The number of aliphatic carboxylic acids is 1. The zero-order valence-electron chi connectivity index (χ0n) is 10.5. The molecule has 0 aliphatic carbocycles. The fourth-order valence-corrected chi connectivity index (χ4v) is 2.30. The average molecular weight is 291 g/mol. The van der Waals surface area contributed by atoms with Gasteiger partial charge >= 0.3 is 12.1 Å².